The van der Waals surface area contributed by atoms with Gasteiger partial charge in [-0.1, -0.05) is 70.3 Å². The van der Waals surface area contributed by atoms with Gasteiger partial charge >= 0.3 is 0 Å². The Kier molecular flexibility index (Phi) is 6.04. The van der Waals surface area contributed by atoms with Gasteiger partial charge in [-0.2, -0.15) is 0 Å². The molecule has 1 aliphatic heterocycles. The quantitative estimate of drug-likeness (QED) is 0.677. The highest BCUT2D eigenvalue weighted by Gasteiger charge is 2.31. The zero-order chi connectivity index (χ0) is 18.6. The lowest BCUT2D eigenvalue weighted by molar-refractivity contribution is 0.0728. The van der Waals surface area contributed by atoms with E-state index < -0.39 is 0 Å². The van der Waals surface area contributed by atoms with Gasteiger partial charge in [0.1, 0.15) is 5.75 Å². The number of benzene rings is 1. The number of aromatic hydroxyl groups is 1. The van der Waals surface area contributed by atoms with E-state index in [4.69, 9.17) is 0 Å². The summed E-state index contributed by atoms with van der Waals surface area (Å²) < 4.78 is 0. The van der Waals surface area contributed by atoms with Crippen molar-refractivity contribution in [3.05, 3.63) is 29.3 Å². The second-order valence-corrected chi connectivity index (χ2v) is 9.35. The molecular formula is C24H35NO2. The fourth-order valence-electron chi connectivity index (χ4n) is 5.68. The van der Waals surface area contributed by atoms with Gasteiger partial charge in [-0.25, -0.2) is 0 Å². The minimum atomic E-state index is 0.107. The Morgan fingerprint density at radius 1 is 0.889 bits per heavy atom. The Morgan fingerprint density at radius 3 is 2.30 bits per heavy atom. The summed E-state index contributed by atoms with van der Waals surface area (Å²) in [6.07, 6.45) is 16.9. The van der Waals surface area contributed by atoms with Crippen LogP contribution in [0.3, 0.4) is 0 Å². The molecule has 0 unspecified atom stereocenters. The standard InChI is InChI=1S/C24H35NO2/c26-22-14-13-21-17-25(24(27)23(21)15-22)16-20-11-9-19(10-12-20)8-4-7-18-5-2-1-3-6-18/h13-15,18-20,26H,1-12,16-17H2/t19-,20-. The van der Waals surface area contributed by atoms with Crippen LogP contribution in [0, 0.1) is 17.8 Å². The Hall–Kier alpha value is -1.51. The maximum absolute atomic E-state index is 12.6. The third-order valence-corrected chi connectivity index (χ3v) is 7.37. The fraction of sp³-hybridized carbons (Fsp3) is 0.708. The zero-order valence-electron chi connectivity index (χ0n) is 16.7. The molecule has 2 fully saturated rings. The van der Waals surface area contributed by atoms with Gasteiger partial charge in [0, 0.05) is 18.7 Å². The smallest absolute Gasteiger partial charge is 0.254 e. The molecule has 3 aliphatic rings. The van der Waals surface area contributed by atoms with Gasteiger partial charge in [-0.05, 0) is 48.3 Å². The lowest BCUT2D eigenvalue weighted by atomic mass is 9.78. The van der Waals surface area contributed by atoms with E-state index in [1.165, 1.54) is 77.0 Å². The van der Waals surface area contributed by atoms with Crippen molar-refractivity contribution in [1.82, 2.24) is 4.90 Å². The van der Waals surface area contributed by atoms with Crippen molar-refractivity contribution in [2.45, 2.75) is 83.6 Å². The van der Waals surface area contributed by atoms with Crippen LogP contribution < -0.4 is 0 Å². The first-order chi connectivity index (χ1) is 13.2. The van der Waals surface area contributed by atoms with E-state index in [1.807, 2.05) is 11.0 Å². The molecule has 2 aliphatic carbocycles. The number of hydrogen-bond donors (Lipinski definition) is 1. The van der Waals surface area contributed by atoms with Gasteiger partial charge < -0.3 is 10.0 Å². The first-order valence-electron chi connectivity index (χ1n) is 11.3. The van der Waals surface area contributed by atoms with Crippen LogP contribution in [0.25, 0.3) is 0 Å². The average Bonchev–Trinajstić information content (AvgIpc) is 2.99. The Labute approximate surface area is 164 Å². The van der Waals surface area contributed by atoms with Gasteiger partial charge in [0.15, 0.2) is 0 Å². The summed E-state index contributed by atoms with van der Waals surface area (Å²) >= 11 is 0. The van der Waals surface area contributed by atoms with Gasteiger partial charge in [-0.15, -0.1) is 0 Å². The highest BCUT2D eigenvalue weighted by atomic mass is 16.3. The predicted octanol–water partition coefficient (Wildman–Crippen LogP) is 5.91. The second kappa shape index (κ2) is 8.67. The normalized spacial score (nSPS) is 26.4. The van der Waals surface area contributed by atoms with Crippen molar-refractivity contribution in [1.29, 1.82) is 0 Å². The van der Waals surface area contributed by atoms with E-state index in [1.54, 1.807) is 12.1 Å². The van der Waals surface area contributed by atoms with E-state index in [9.17, 15) is 9.90 Å². The molecule has 0 atom stereocenters. The largest absolute Gasteiger partial charge is 0.508 e. The number of amides is 1. The van der Waals surface area contributed by atoms with Gasteiger partial charge in [0.05, 0.1) is 0 Å². The van der Waals surface area contributed by atoms with Crippen LogP contribution in [0.4, 0.5) is 0 Å². The topological polar surface area (TPSA) is 40.5 Å². The fourth-order valence-corrected chi connectivity index (χ4v) is 5.68. The molecule has 3 heteroatoms. The van der Waals surface area contributed by atoms with Crippen LogP contribution >= 0.6 is 0 Å². The average molecular weight is 370 g/mol. The lowest BCUT2D eigenvalue weighted by Crippen LogP contribution is -2.31. The number of rotatable bonds is 6. The summed E-state index contributed by atoms with van der Waals surface area (Å²) in [7, 11) is 0. The van der Waals surface area contributed by atoms with Crippen molar-refractivity contribution >= 4 is 5.91 Å². The third kappa shape index (κ3) is 4.67. The number of phenols is 1. The van der Waals surface area contributed by atoms with Crippen LogP contribution in [0.1, 0.15) is 93.0 Å². The predicted molar refractivity (Wildman–Crippen MR) is 109 cm³/mol. The van der Waals surface area contributed by atoms with Crippen molar-refractivity contribution in [2.75, 3.05) is 6.54 Å². The molecule has 1 aromatic rings. The van der Waals surface area contributed by atoms with Gasteiger partial charge in [0.2, 0.25) is 0 Å². The minimum Gasteiger partial charge on any atom is -0.508 e. The Bertz CT molecular complexity index is 642. The summed E-state index contributed by atoms with van der Waals surface area (Å²) in [4.78, 5) is 14.6. The van der Waals surface area contributed by atoms with E-state index in [0.29, 0.717) is 11.5 Å². The van der Waals surface area contributed by atoms with Crippen LogP contribution in [0.15, 0.2) is 18.2 Å². The molecule has 2 saturated carbocycles. The number of fused-ring (bicyclic) bond motifs is 1. The number of hydrogen-bond acceptors (Lipinski definition) is 2. The lowest BCUT2D eigenvalue weighted by Gasteiger charge is -2.31. The van der Waals surface area contributed by atoms with Crippen LogP contribution in [0.2, 0.25) is 0 Å². The molecule has 3 nitrogen and oxygen atoms in total. The Balaban J connectivity index is 1.17. The van der Waals surface area contributed by atoms with Gasteiger partial charge in [0.25, 0.3) is 5.91 Å². The van der Waals surface area contributed by atoms with Crippen molar-refractivity contribution in [3.8, 4) is 5.75 Å². The molecule has 0 radical (unpaired) electrons. The summed E-state index contributed by atoms with van der Waals surface area (Å²) in [6.45, 7) is 1.61. The number of nitrogens with zero attached hydrogens (tertiary/aromatic N) is 1. The Morgan fingerprint density at radius 2 is 1.56 bits per heavy atom. The highest BCUT2D eigenvalue weighted by Crippen LogP contribution is 2.35. The van der Waals surface area contributed by atoms with Crippen molar-refractivity contribution in [3.63, 3.8) is 0 Å². The van der Waals surface area contributed by atoms with Crippen LogP contribution in [0.5, 0.6) is 5.75 Å². The molecule has 0 spiro atoms. The van der Waals surface area contributed by atoms with E-state index >= 15 is 0 Å². The van der Waals surface area contributed by atoms with E-state index in [2.05, 4.69) is 0 Å². The SMILES string of the molecule is O=C1c2cc(O)ccc2CN1C[C@H]1CC[C@H](CCCC2CCCCC2)CC1. The monoisotopic (exact) mass is 369 g/mol. The molecule has 1 amide bonds. The first-order valence-corrected chi connectivity index (χ1v) is 11.3. The molecule has 4 rings (SSSR count). The number of carbonyl (C=O) groups excluding carboxylic acids is 1. The molecule has 0 aromatic heterocycles. The van der Waals surface area contributed by atoms with E-state index in [0.717, 1.165) is 30.5 Å². The van der Waals surface area contributed by atoms with Crippen LogP contribution in [-0.4, -0.2) is 22.5 Å². The highest BCUT2D eigenvalue weighted by molar-refractivity contribution is 5.98. The van der Waals surface area contributed by atoms with Crippen LogP contribution in [-0.2, 0) is 6.54 Å². The van der Waals surface area contributed by atoms with Crippen molar-refractivity contribution in [2.24, 2.45) is 17.8 Å². The second-order valence-electron chi connectivity index (χ2n) is 9.35. The molecular weight excluding hydrogens is 334 g/mol. The molecule has 1 heterocycles. The first kappa shape index (κ1) is 18.8. The summed E-state index contributed by atoms with van der Waals surface area (Å²) in [5, 5.41) is 9.63. The molecule has 27 heavy (non-hydrogen) atoms. The zero-order valence-corrected chi connectivity index (χ0v) is 16.7. The third-order valence-electron chi connectivity index (χ3n) is 7.37. The maximum atomic E-state index is 12.6. The van der Waals surface area contributed by atoms with Crippen molar-refractivity contribution < 1.29 is 9.90 Å². The summed E-state index contributed by atoms with van der Waals surface area (Å²) in [5.41, 5.74) is 1.76. The summed E-state index contributed by atoms with van der Waals surface area (Å²) in [5.74, 6) is 2.91. The maximum Gasteiger partial charge on any atom is 0.254 e. The molecule has 1 aromatic carbocycles. The summed E-state index contributed by atoms with van der Waals surface area (Å²) in [6, 6.07) is 5.21. The molecule has 1 N–H and O–H groups in total. The number of phenolic OH excluding ortho intramolecular Hbond substituents is 1. The molecule has 0 saturated heterocycles. The molecule has 0 bridgehead atoms. The number of carbonyl (C=O) groups is 1. The molecule has 148 valence electrons. The van der Waals surface area contributed by atoms with E-state index in [-0.39, 0.29) is 11.7 Å². The minimum absolute atomic E-state index is 0.107. The van der Waals surface area contributed by atoms with Gasteiger partial charge in [-0.3, -0.25) is 4.79 Å².